The van der Waals surface area contributed by atoms with E-state index in [0.717, 1.165) is 10.1 Å². The van der Waals surface area contributed by atoms with Crippen LogP contribution in [0.25, 0.3) is 0 Å². The Morgan fingerprint density at radius 1 is 1.33 bits per heavy atom. The van der Waals surface area contributed by atoms with E-state index in [1.54, 1.807) is 31.4 Å². The second-order valence-electron chi connectivity index (χ2n) is 3.80. The van der Waals surface area contributed by atoms with Crippen molar-refractivity contribution in [3.8, 4) is 0 Å². The zero-order valence-corrected chi connectivity index (χ0v) is 13.5. The van der Waals surface area contributed by atoms with Gasteiger partial charge in [0.15, 0.2) is 4.34 Å². The maximum absolute atomic E-state index is 11.8. The van der Waals surface area contributed by atoms with Gasteiger partial charge in [0.2, 0.25) is 5.13 Å². The molecule has 0 aliphatic carbocycles. The van der Waals surface area contributed by atoms with E-state index in [1.807, 2.05) is 0 Å². The molecular formula is C12H13ClN4O2S2. The Hall–Kier alpha value is -1.35. The first-order valence-corrected chi connectivity index (χ1v) is 8.14. The molecule has 1 heterocycles. The maximum atomic E-state index is 11.8. The largest absolute Gasteiger partial charge is 0.384 e. The van der Waals surface area contributed by atoms with Crippen LogP contribution in [0, 0.1) is 0 Å². The van der Waals surface area contributed by atoms with Gasteiger partial charge in [0.25, 0.3) is 0 Å². The first-order valence-electron chi connectivity index (χ1n) is 5.96. The fourth-order valence-corrected chi connectivity index (χ4v) is 3.17. The van der Waals surface area contributed by atoms with Crippen molar-refractivity contribution in [2.75, 3.05) is 30.1 Å². The van der Waals surface area contributed by atoms with E-state index in [4.69, 9.17) is 16.3 Å². The predicted octanol–water partition coefficient (Wildman–Crippen LogP) is 3.57. The van der Waals surface area contributed by atoms with Crippen molar-refractivity contribution in [2.24, 2.45) is 0 Å². The van der Waals surface area contributed by atoms with Crippen LogP contribution in [0.1, 0.15) is 0 Å². The number of nitrogens with zero attached hydrogens (tertiary/aromatic N) is 2. The van der Waals surface area contributed by atoms with Crippen molar-refractivity contribution < 1.29 is 9.53 Å². The van der Waals surface area contributed by atoms with Gasteiger partial charge in [-0.15, -0.1) is 10.2 Å². The topological polar surface area (TPSA) is 76.1 Å². The highest BCUT2D eigenvalue weighted by molar-refractivity contribution is 8.01. The molecule has 0 aliphatic rings. The van der Waals surface area contributed by atoms with Crippen LogP contribution >= 0.6 is 34.7 Å². The van der Waals surface area contributed by atoms with Crippen LogP contribution in [0.5, 0.6) is 0 Å². The lowest BCUT2D eigenvalue weighted by Crippen LogP contribution is -2.19. The van der Waals surface area contributed by atoms with Crippen LogP contribution in [0.3, 0.4) is 0 Å². The number of anilines is 2. The molecule has 0 fully saturated rings. The zero-order valence-electron chi connectivity index (χ0n) is 11.1. The number of thioether (sulfide) groups is 1. The predicted molar refractivity (Wildman–Crippen MR) is 86.6 cm³/mol. The normalized spacial score (nSPS) is 10.4. The lowest BCUT2D eigenvalue weighted by molar-refractivity contribution is 0.218. The van der Waals surface area contributed by atoms with Crippen LogP contribution in [0.2, 0.25) is 5.02 Å². The number of hydrogen-bond donors (Lipinski definition) is 2. The molecule has 0 aliphatic heterocycles. The third-order valence-corrected chi connectivity index (χ3v) is 4.43. The van der Waals surface area contributed by atoms with Gasteiger partial charge in [-0.25, -0.2) is 4.79 Å². The summed E-state index contributed by atoms with van der Waals surface area (Å²) in [6.45, 7) is 0.643. The number of benzene rings is 1. The minimum absolute atomic E-state index is 0.373. The number of rotatable bonds is 6. The summed E-state index contributed by atoms with van der Waals surface area (Å²) in [5.74, 6) is 0.794. The van der Waals surface area contributed by atoms with E-state index in [-0.39, 0.29) is 6.03 Å². The average Bonchev–Trinajstić information content (AvgIpc) is 2.89. The molecular weight excluding hydrogens is 332 g/mol. The Morgan fingerprint density at radius 2 is 2.10 bits per heavy atom. The molecule has 0 radical (unpaired) electrons. The first kappa shape index (κ1) is 16.0. The Labute approximate surface area is 135 Å². The van der Waals surface area contributed by atoms with Gasteiger partial charge < -0.3 is 10.1 Å². The van der Waals surface area contributed by atoms with Crippen molar-refractivity contribution in [3.05, 3.63) is 29.3 Å². The highest BCUT2D eigenvalue weighted by Crippen LogP contribution is 2.25. The average molecular weight is 345 g/mol. The highest BCUT2D eigenvalue weighted by atomic mass is 35.5. The van der Waals surface area contributed by atoms with E-state index >= 15 is 0 Å². The molecule has 112 valence electrons. The summed E-state index contributed by atoms with van der Waals surface area (Å²) in [5, 5.41) is 14.3. The number of aromatic nitrogens is 2. The van der Waals surface area contributed by atoms with Crippen LogP contribution in [-0.4, -0.2) is 35.7 Å². The summed E-state index contributed by atoms with van der Waals surface area (Å²) in [6.07, 6.45) is 0. The fourth-order valence-electron chi connectivity index (χ4n) is 1.32. The minimum atomic E-state index is -0.373. The second-order valence-corrected chi connectivity index (χ2v) is 6.56. The van der Waals surface area contributed by atoms with Crippen molar-refractivity contribution in [1.29, 1.82) is 0 Å². The molecule has 2 amide bonds. The highest BCUT2D eigenvalue weighted by Gasteiger charge is 2.08. The van der Waals surface area contributed by atoms with Gasteiger partial charge >= 0.3 is 6.03 Å². The smallest absolute Gasteiger partial charge is 0.325 e. The van der Waals surface area contributed by atoms with Gasteiger partial charge in [0.05, 0.1) is 6.61 Å². The monoisotopic (exact) mass is 344 g/mol. The standard InChI is InChI=1S/C12H13ClN4O2S2/c1-19-6-7-20-12-17-16-11(21-12)15-10(18)14-9-4-2-8(13)3-5-9/h2-5H,6-7H2,1H3,(H2,14,15,16,18). The minimum Gasteiger partial charge on any atom is -0.384 e. The van der Waals surface area contributed by atoms with E-state index in [9.17, 15) is 4.79 Å². The van der Waals surface area contributed by atoms with Gasteiger partial charge in [-0.2, -0.15) is 0 Å². The Bertz CT molecular complexity index is 591. The summed E-state index contributed by atoms with van der Waals surface area (Å²) in [4.78, 5) is 11.8. The van der Waals surface area contributed by atoms with Gasteiger partial charge in [-0.05, 0) is 24.3 Å². The molecule has 0 spiro atoms. The summed E-state index contributed by atoms with van der Waals surface area (Å²) in [7, 11) is 1.65. The third-order valence-electron chi connectivity index (χ3n) is 2.24. The van der Waals surface area contributed by atoms with Gasteiger partial charge in [-0.1, -0.05) is 34.7 Å². The number of methoxy groups -OCH3 is 1. The number of carbonyl (C=O) groups excluding carboxylic acids is 1. The molecule has 0 unspecified atom stereocenters. The van der Waals surface area contributed by atoms with Crippen molar-refractivity contribution >= 4 is 51.5 Å². The lowest BCUT2D eigenvalue weighted by atomic mass is 10.3. The summed E-state index contributed by atoms with van der Waals surface area (Å²) >= 11 is 8.63. The summed E-state index contributed by atoms with van der Waals surface area (Å²) in [6, 6.07) is 6.46. The maximum Gasteiger partial charge on any atom is 0.325 e. The van der Waals surface area contributed by atoms with Crippen LogP contribution in [0.4, 0.5) is 15.6 Å². The van der Waals surface area contributed by atoms with Crippen LogP contribution in [-0.2, 0) is 4.74 Å². The van der Waals surface area contributed by atoms with Gasteiger partial charge in [0, 0.05) is 23.6 Å². The molecule has 0 saturated heterocycles. The molecule has 0 bridgehead atoms. The number of halogens is 1. The summed E-state index contributed by atoms with van der Waals surface area (Å²) < 4.78 is 5.74. The van der Waals surface area contributed by atoms with Crippen LogP contribution in [0.15, 0.2) is 28.6 Å². The molecule has 0 atom stereocenters. The van der Waals surface area contributed by atoms with E-state index < -0.39 is 0 Å². The number of urea groups is 1. The SMILES string of the molecule is COCCSc1nnc(NC(=O)Nc2ccc(Cl)cc2)s1. The number of nitrogens with one attached hydrogen (secondary N) is 2. The number of amides is 2. The second kappa shape index (κ2) is 8.18. The molecule has 1 aromatic carbocycles. The lowest BCUT2D eigenvalue weighted by Gasteiger charge is -2.04. The van der Waals surface area contributed by atoms with E-state index in [0.29, 0.717) is 22.4 Å². The number of ether oxygens (including phenoxy) is 1. The van der Waals surface area contributed by atoms with Gasteiger partial charge in [-0.3, -0.25) is 5.32 Å². The van der Waals surface area contributed by atoms with E-state index in [1.165, 1.54) is 23.1 Å². The number of hydrogen-bond acceptors (Lipinski definition) is 6. The van der Waals surface area contributed by atoms with Crippen molar-refractivity contribution in [3.63, 3.8) is 0 Å². The fraction of sp³-hybridized carbons (Fsp3) is 0.250. The molecule has 2 N–H and O–H groups in total. The molecule has 2 aromatic rings. The molecule has 9 heteroatoms. The molecule has 21 heavy (non-hydrogen) atoms. The zero-order chi connectivity index (χ0) is 15.1. The third kappa shape index (κ3) is 5.50. The number of carbonyl (C=O) groups is 1. The summed E-state index contributed by atoms with van der Waals surface area (Å²) in [5.41, 5.74) is 0.649. The Kier molecular flexibility index (Phi) is 6.24. The van der Waals surface area contributed by atoms with Crippen LogP contribution < -0.4 is 10.6 Å². The molecule has 0 saturated carbocycles. The van der Waals surface area contributed by atoms with Gasteiger partial charge in [0.1, 0.15) is 0 Å². The molecule has 6 nitrogen and oxygen atoms in total. The Morgan fingerprint density at radius 3 is 2.81 bits per heavy atom. The first-order chi connectivity index (χ1) is 10.2. The molecule has 1 aromatic heterocycles. The van der Waals surface area contributed by atoms with E-state index in [2.05, 4.69) is 20.8 Å². The molecule has 2 rings (SSSR count). The van der Waals surface area contributed by atoms with Crippen molar-refractivity contribution in [2.45, 2.75) is 4.34 Å². The van der Waals surface area contributed by atoms with Crippen molar-refractivity contribution in [1.82, 2.24) is 10.2 Å². The Balaban J connectivity index is 1.83. The quantitative estimate of drug-likeness (QED) is 0.476.